The number of urea groups is 1. The Morgan fingerprint density at radius 2 is 2.28 bits per heavy atom. The van der Waals surface area contributed by atoms with Crippen LogP contribution in [-0.2, 0) is 6.42 Å². The smallest absolute Gasteiger partial charge is 0.317 e. The molecule has 1 aromatic carbocycles. The highest BCUT2D eigenvalue weighted by atomic mass is 16.3. The first-order chi connectivity index (χ1) is 12.1. The molecule has 3 rings (SSSR count). The van der Waals surface area contributed by atoms with Gasteiger partial charge in [-0.2, -0.15) is 0 Å². The Hall–Kier alpha value is -2.01. The molecule has 2 aromatic rings. The molecule has 2 atom stereocenters. The lowest BCUT2D eigenvalue weighted by Crippen LogP contribution is -2.49. The normalized spacial score (nSPS) is 19.2. The number of piperidine rings is 1. The maximum Gasteiger partial charge on any atom is 0.317 e. The lowest BCUT2D eigenvalue weighted by atomic mass is 9.97. The van der Waals surface area contributed by atoms with E-state index in [0.717, 1.165) is 37.7 Å². The second-order valence-electron chi connectivity index (χ2n) is 7.22. The van der Waals surface area contributed by atoms with Gasteiger partial charge in [-0.3, -0.25) is 0 Å². The number of aliphatic hydroxyl groups excluding tert-OH is 1. The number of benzene rings is 1. The van der Waals surface area contributed by atoms with Gasteiger partial charge in [-0.1, -0.05) is 12.1 Å². The number of carbonyl (C=O) groups excluding carboxylic acids is 1. The number of amides is 2. The number of rotatable bonds is 5. The molecular weight excluding hydrogens is 314 g/mol. The van der Waals surface area contributed by atoms with Gasteiger partial charge in [0.05, 0.1) is 6.10 Å². The van der Waals surface area contributed by atoms with E-state index in [0.29, 0.717) is 13.0 Å². The third kappa shape index (κ3) is 4.15. The number of aliphatic hydroxyl groups is 1. The van der Waals surface area contributed by atoms with Crippen LogP contribution in [-0.4, -0.2) is 46.3 Å². The Balaban J connectivity index is 1.58. The summed E-state index contributed by atoms with van der Waals surface area (Å²) in [5.74, 6) is 0. The molecule has 0 bridgehead atoms. The van der Waals surface area contributed by atoms with E-state index in [9.17, 15) is 9.90 Å². The van der Waals surface area contributed by atoms with Gasteiger partial charge >= 0.3 is 6.03 Å². The molecule has 2 unspecified atom stereocenters. The summed E-state index contributed by atoms with van der Waals surface area (Å²) in [7, 11) is 0. The Morgan fingerprint density at radius 3 is 3.08 bits per heavy atom. The molecule has 136 valence electrons. The van der Waals surface area contributed by atoms with Gasteiger partial charge in [0.1, 0.15) is 0 Å². The first-order valence-corrected chi connectivity index (χ1v) is 9.34. The largest absolute Gasteiger partial charge is 0.393 e. The van der Waals surface area contributed by atoms with Crippen LogP contribution in [0.1, 0.15) is 43.7 Å². The van der Waals surface area contributed by atoms with Crippen LogP contribution in [0.3, 0.4) is 0 Å². The van der Waals surface area contributed by atoms with Gasteiger partial charge in [0, 0.05) is 36.2 Å². The van der Waals surface area contributed by atoms with Crippen molar-refractivity contribution in [1.29, 1.82) is 0 Å². The molecule has 1 fully saturated rings. The van der Waals surface area contributed by atoms with Crippen LogP contribution < -0.4 is 5.32 Å². The fraction of sp³-hybridized carbons (Fsp3) is 0.550. The summed E-state index contributed by atoms with van der Waals surface area (Å²) in [4.78, 5) is 17.8. The average molecular weight is 343 g/mol. The maximum atomic E-state index is 12.6. The number of aromatic nitrogens is 1. The van der Waals surface area contributed by atoms with Crippen LogP contribution in [0, 0.1) is 6.92 Å². The quantitative estimate of drug-likeness (QED) is 0.779. The topological polar surface area (TPSA) is 68.4 Å². The molecule has 2 heterocycles. The van der Waals surface area contributed by atoms with Gasteiger partial charge in [-0.15, -0.1) is 0 Å². The molecule has 5 heteroatoms. The molecule has 1 saturated heterocycles. The first kappa shape index (κ1) is 17.8. The summed E-state index contributed by atoms with van der Waals surface area (Å²) in [6.45, 7) is 5.32. The Morgan fingerprint density at radius 1 is 1.44 bits per heavy atom. The fourth-order valence-electron chi connectivity index (χ4n) is 3.96. The van der Waals surface area contributed by atoms with E-state index in [2.05, 4.69) is 35.4 Å². The van der Waals surface area contributed by atoms with Crippen molar-refractivity contribution in [2.45, 2.75) is 58.1 Å². The predicted octanol–water partition coefficient (Wildman–Crippen LogP) is 3.35. The van der Waals surface area contributed by atoms with Gasteiger partial charge in [0.2, 0.25) is 0 Å². The molecule has 2 amide bonds. The number of nitrogens with one attached hydrogen (secondary N) is 2. The number of likely N-dealkylation sites (tertiary alicyclic amines) is 1. The Bertz CT molecular complexity index is 723. The molecule has 5 nitrogen and oxygen atoms in total. The SMILES string of the molecule is Cc1cccc2[nH]cc(CCNC(=O)N3CCCCC3CC(C)O)c12. The highest BCUT2D eigenvalue weighted by Crippen LogP contribution is 2.23. The third-order valence-electron chi connectivity index (χ3n) is 5.17. The van der Waals surface area contributed by atoms with Crippen molar-refractivity contribution < 1.29 is 9.90 Å². The van der Waals surface area contributed by atoms with E-state index in [-0.39, 0.29) is 18.2 Å². The van der Waals surface area contributed by atoms with E-state index in [1.54, 1.807) is 6.92 Å². The molecule has 3 N–H and O–H groups in total. The number of aromatic amines is 1. The van der Waals surface area contributed by atoms with Crippen LogP contribution in [0.4, 0.5) is 4.79 Å². The maximum absolute atomic E-state index is 12.6. The molecule has 0 spiro atoms. The van der Waals surface area contributed by atoms with Crippen LogP contribution in [0.15, 0.2) is 24.4 Å². The van der Waals surface area contributed by atoms with Crippen molar-refractivity contribution in [2.24, 2.45) is 0 Å². The molecule has 0 aliphatic carbocycles. The number of aryl methyl sites for hydroxylation is 1. The molecule has 1 aliphatic rings. The van der Waals surface area contributed by atoms with Gasteiger partial charge in [0.15, 0.2) is 0 Å². The van der Waals surface area contributed by atoms with Crippen molar-refractivity contribution in [3.63, 3.8) is 0 Å². The number of hydrogen-bond acceptors (Lipinski definition) is 2. The second-order valence-corrected chi connectivity index (χ2v) is 7.22. The summed E-state index contributed by atoms with van der Waals surface area (Å²) >= 11 is 0. The first-order valence-electron chi connectivity index (χ1n) is 9.34. The lowest BCUT2D eigenvalue weighted by molar-refractivity contribution is 0.102. The molecule has 0 radical (unpaired) electrons. The fourth-order valence-corrected chi connectivity index (χ4v) is 3.96. The second kappa shape index (κ2) is 7.91. The lowest BCUT2D eigenvalue weighted by Gasteiger charge is -2.36. The minimum absolute atomic E-state index is 0.00177. The van der Waals surface area contributed by atoms with E-state index >= 15 is 0 Å². The third-order valence-corrected chi connectivity index (χ3v) is 5.17. The minimum Gasteiger partial charge on any atom is -0.393 e. The van der Waals surface area contributed by atoms with Crippen molar-refractivity contribution in [3.8, 4) is 0 Å². The number of hydrogen-bond donors (Lipinski definition) is 3. The number of H-pyrrole nitrogens is 1. The van der Waals surface area contributed by atoms with Crippen LogP contribution >= 0.6 is 0 Å². The molecule has 1 aromatic heterocycles. The summed E-state index contributed by atoms with van der Waals surface area (Å²) in [5.41, 5.74) is 3.65. The number of carbonyl (C=O) groups is 1. The highest BCUT2D eigenvalue weighted by Gasteiger charge is 2.27. The van der Waals surface area contributed by atoms with Gasteiger partial charge in [-0.25, -0.2) is 4.79 Å². The zero-order chi connectivity index (χ0) is 17.8. The van der Waals surface area contributed by atoms with Crippen LogP contribution in [0.5, 0.6) is 0 Å². The summed E-state index contributed by atoms with van der Waals surface area (Å²) in [6, 6.07) is 6.41. The average Bonchev–Trinajstić information content (AvgIpc) is 2.99. The summed E-state index contributed by atoms with van der Waals surface area (Å²) in [6.07, 6.45) is 6.32. The number of nitrogens with zero attached hydrogens (tertiary/aromatic N) is 1. The van der Waals surface area contributed by atoms with E-state index in [1.165, 1.54) is 16.5 Å². The van der Waals surface area contributed by atoms with Crippen LogP contribution in [0.2, 0.25) is 0 Å². The van der Waals surface area contributed by atoms with Gasteiger partial charge < -0.3 is 20.3 Å². The molecule has 25 heavy (non-hydrogen) atoms. The standard InChI is InChI=1S/C20H29N3O2/c1-14-6-5-8-18-19(14)16(13-22-18)9-10-21-20(25)23-11-4-3-7-17(23)12-15(2)24/h5-6,8,13,15,17,22,24H,3-4,7,9-12H2,1-2H3,(H,21,25). The number of fused-ring (bicyclic) bond motifs is 1. The highest BCUT2D eigenvalue weighted by molar-refractivity contribution is 5.86. The van der Waals surface area contributed by atoms with Gasteiger partial charge in [-0.05, 0) is 63.1 Å². The van der Waals surface area contributed by atoms with Crippen molar-refractivity contribution in [3.05, 3.63) is 35.5 Å². The molecular formula is C20H29N3O2. The minimum atomic E-state index is -0.368. The predicted molar refractivity (Wildman–Crippen MR) is 101 cm³/mol. The Labute approximate surface area is 149 Å². The zero-order valence-corrected chi connectivity index (χ0v) is 15.2. The molecule has 0 saturated carbocycles. The van der Waals surface area contributed by atoms with E-state index in [4.69, 9.17) is 0 Å². The van der Waals surface area contributed by atoms with Gasteiger partial charge in [0.25, 0.3) is 0 Å². The monoisotopic (exact) mass is 343 g/mol. The zero-order valence-electron chi connectivity index (χ0n) is 15.2. The van der Waals surface area contributed by atoms with Crippen molar-refractivity contribution >= 4 is 16.9 Å². The van der Waals surface area contributed by atoms with E-state index < -0.39 is 0 Å². The van der Waals surface area contributed by atoms with E-state index in [1.807, 2.05) is 11.1 Å². The van der Waals surface area contributed by atoms with Crippen molar-refractivity contribution in [1.82, 2.24) is 15.2 Å². The molecule has 1 aliphatic heterocycles. The van der Waals surface area contributed by atoms with Crippen molar-refractivity contribution in [2.75, 3.05) is 13.1 Å². The summed E-state index contributed by atoms with van der Waals surface area (Å²) in [5, 5.41) is 14.0. The van der Waals surface area contributed by atoms with Crippen LogP contribution in [0.25, 0.3) is 10.9 Å². The Kier molecular flexibility index (Phi) is 5.63. The summed E-state index contributed by atoms with van der Waals surface area (Å²) < 4.78 is 0.